The van der Waals surface area contributed by atoms with Crippen molar-refractivity contribution in [1.82, 2.24) is 6.15 Å². The Morgan fingerprint density at radius 2 is 1.86 bits per heavy atom. The van der Waals surface area contributed by atoms with E-state index >= 15 is 0 Å². The molecule has 2 unspecified atom stereocenters. The Morgan fingerprint density at radius 1 is 1.43 bits per heavy atom. The highest BCUT2D eigenvalue weighted by atomic mass is 35.5. The average Bonchev–Trinajstić information content (AvgIpc) is 1.61. The molecule has 1 rings (SSSR count). The van der Waals surface area contributed by atoms with E-state index in [1.165, 1.54) is 0 Å². The maximum absolute atomic E-state index is 5.57. The molecule has 0 heterocycles. The predicted octanol–water partition coefficient (Wildman–Crippen LogP) is 0.877. The van der Waals surface area contributed by atoms with Gasteiger partial charge in [0.05, 0.1) is 0 Å². The number of hydrogen-bond donors (Lipinski definition) is 2. The normalized spacial score (nSPS) is 38.6. The molecule has 1 aliphatic carbocycles. The maximum atomic E-state index is 5.57. The van der Waals surface area contributed by atoms with Crippen LogP contribution in [0.25, 0.3) is 0 Å². The first-order chi connectivity index (χ1) is 2.80. The van der Waals surface area contributed by atoms with Crippen molar-refractivity contribution in [2.45, 2.75) is 24.3 Å². The quantitative estimate of drug-likeness (QED) is 0.469. The largest absolute Gasteiger partial charge is 0.344 e. The van der Waals surface area contributed by atoms with Gasteiger partial charge in [0.2, 0.25) is 0 Å². The second-order valence-electron chi connectivity index (χ2n) is 1.76. The van der Waals surface area contributed by atoms with Crippen molar-refractivity contribution in [3.8, 4) is 0 Å². The van der Waals surface area contributed by atoms with Crippen molar-refractivity contribution >= 4 is 11.6 Å². The van der Waals surface area contributed by atoms with Gasteiger partial charge in [-0.1, -0.05) is 0 Å². The van der Waals surface area contributed by atoms with Crippen molar-refractivity contribution in [3.05, 3.63) is 0 Å². The molecule has 0 aliphatic heterocycles. The summed E-state index contributed by atoms with van der Waals surface area (Å²) in [7, 11) is 0. The summed E-state index contributed by atoms with van der Waals surface area (Å²) in [4.78, 5) is 0. The third-order valence-electron chi connectivity index (χ3n) is 1.24. The Balaban J connectivity index is 0.000000360. The highest BCUT2D eigenvalue weighted by Crippen LogP contribution is 2.22. The number of rotatable bonds is 0. The molecule has 0 bridgehead atoms. The van der Waals surface area contributed by atoms with E-state index in [0.29, 0.717) is 6.04 Å². The number of alkyl halides is 1. The third kappa shape index (κ3) is 1.30. The first-order valence-corrected chi connectivity index (χ1v) is 2.64. The summed E-state index contributed by atoms with van der Waals surface area (Å²) < 4.78 is 0. The molecule has 0 spiro atoms. The van der Waals surface area contributed by atoms with Crippen LogP contribution in [0.2, 0.25) is 0 Å². The fourth-order valence-corrected chi connectivity index (χ4v) is 0.737. The van der Waals surface area contributed by atoms with Gasteiger partial charge in [-0.2, -0.15) is 0 Å². The lowest BCUT2D eigenvalue weighted by atomic mass is 9.94. The van der Waals surface area contributed by atoms with Gasteiger partial charge in [0.15, 0.2) is 0 Å². The number of halogens is 1. The van der Waals surface area contributed by atoms with E-state index in [0.717, 1.165) is 12.8 Å². The van der Waals surface area contributed by atoms with Crippen molar-refractivity contribution in [3.63, 3.8) is 0 Å². The van der Waals surface area contributed by atoms with E-state index in [-0.39, 0.29) is 11.5 Å². The minimum Gasteiger partial charge on any atom is -0.344 e. The van der Waals surface area contributed by atoms with Crippen LogP contribution < -0.4 is 11.9 Å². The molecule has 2 nitrogen and oxygen atoms in total. The molecule has 0 amide bonds. The van der Waals surface area contributed by atoms with Crippen LogP contribution in [0.3, 0.4) is 0 Å². The summed E-state index contributed by atoms with van der Waals surface area (Å²) in [5.41, 5.74) is 5.39. The molecule has 0 aromatic heterocycles. The van der Waals surface area contributed by atoms with Crippen molar-refractivity contribution in [2.24, 2.45) is 5.73 Å². The van der Waals surface area contributed by atoms with Gasteiger partial charge in [0.1, 0.15) is 0 Å². The molecular formula is C4H11ClN2. The second kappa shape index (κ2) is 2.50. The molecule has 1 aliphatic rings. The van der Waals surface area contributed by atoms with E-state index in [1.54, 1.807) is 0 Å². The summed E-state index contributed by atoms with van der Waals surface area (Å²) >= 11 is 5.57. The van der Waals surface area contributed by atoms with Gasteiger partial charge < -0.3 is 11.9 Å². The summed E-state index contributed by atoms with van der Waals surface area (Å²) in [5, 5.41) is 0.282. The van der Waals surface area contributed by atoms with Gasteiger partial charge in [-0.3, -0.25) is 0 Å². The molecule has 0 radical (unpaired) electrons. The highest BCUT2D eigenvalue weighted by molar-refractivity contribution is 6.21. The second-order valence-corrected chi connectivity index (χ2v) is 2.32. The van der Waals surface area contributed by atoms with Gasteiger partial charge >= 0.3 is 0 Å². The Labute approximate surface area is 48.6 Å². The first kappa shape index (κ1) is 7.21. The van der Waals surface area contributed by atoms with Gasteiger partial charge in [-0.05, 0) is 12.8 Å². The van der Waals surface area contributed by atoms with Crippen LogP contribution in [-0.4, -0.2) is 11.4 Å². The Kier molecular flexibility index (Phi) is 2.58. The molecule has 1 saturated carbocycles. The molecule has 5 N–H and O–H groups in total. The Hall–Kier alpha value is 0.210. The fraction of sp³-hybridized carbons (Fsp3) is 1.00. The Morgan fingerprint density at radius 3 is 1.86 bits per heavy atom. The zero-order chi connectivity index (χ0) is 4.57. The highest BCUT2D eigenvalue weighted by Gasteiger charge is 2.23. The molecule has 0 aromatic rings. The van der Waals surface area contributed by atoms with Crippen LogP contribution in [0.5, 0.6) is 0 Å². The molecule has 44 valence electrons. The lowest BCUT2D eigenvalue weighted by Crippen LogP contribution is -2.40. The minimum atomic E-state index is 0. The topological polar surface area (TPSA) is 61.0 Å². The van der Waals surface area contributed by atoms with E-state index in [1.807, 2.05) is 0 Å². The molecular weight excluding hydrogens is 112 g/mol. The number of hydrogen-bond acceptors (Lipinski definition) is 2. The summed E-state index contributed by atoms with van der Waals surface area (Å²) in [5.74, 6) is 0. The Bertz CT molecular complexity index is 49.7. The van der Waals surface area contributed by atoms with Crippen molar-refractivity contribution in [2.75, 3.05) is 0 Å². The van der Waals surface area contributed by atoms with Gasteiger partial charge in [0, 0.05) is 11.4 Å². The summed E-state index contributed by atoms with van der Waals surface area (Å²) in [6.45, 7) is 0. The van der Waals surface area contributed by atoms with Crippen LogP contribution in [0.1, 0.15) is 12.8 Å². The monoisotopic (exact) mass is 122 g/mol. The van der Waals surface area contributed by atoms with Gasteiger partial charge in [-0.25, -0.2) is 0 Å². The van der Waals surface area contributed by atoms with Crippen molar-refractivity contribution < 1.29 is 0 Å². The number of nitrogens with two attached hydrogens (primary N) is 1. The summed E-state index contributed by atoms with van der Waals surface area (Å²) in [6, 6.07) is 0.298. The van der Waals surface area contributed by atoms with Gasteiger partial charge in [-0.15, -0.1) is 11.6 Å². The van der Waals surface area contributed by atoms with E-state index in [4.69, 9.17) is 17.3 Å². The van der Waals surface area contributed by atoms with E-state index in [2.05, 4.69) is 0 Å². The fourth-order valence-electron chi connectivity index (χ4n) is 0.485. The predicted molar refractivity (Wildman–Crippen MR) is 31.9 cm³/mol. The minimum absolute atomic E-state index is 0. The smallest absolute Gasteiger partial charge is 0.0487 e. The zero-order valence-corrected chi connectivity index (χ0v) is 4.99. The maximum Gasteiger partial charge on any atom is 0.0487 e. The average molecular weight is 123 g/mol. The zero-order valence-electron chi connectivity index (χ0n) is 4.23. The molecule has 0 saturated heterocycles. The van der Waals surface area contributed by atoms with Crippen LogP contribution in [0.15, 0.2) is 0 Å². The first-order valence-electron chi connectivity index (χ1n) is 2.20. The van der Waals surface area contributed by atoms with E-state index in [9.17, 15) is 0 Å². The third-order valence-corrected chi connectivity index (χ3v) is 1.78. The molecule has 0 aromatic carbocycles. The van der Waals surface area contributed by atoms with Crippen LogP contribution in [-0.2, 0) is 0 Å². The van der Waals surface area contributed by atoms with Crippen LogP contribution in [0, 0.1) is 0 Å². The van der Waals surface area contributed by atoms with Crippen LogP contribution in [0.4, 0.5) is 0 Å². The van der Waals surface area contributed by atoms with Crippen LogP contribution >= 0.6 is 11.6 Å². The van der Waals surface area contributed by atoms with Crippen molar-refractivity contribution in [1.29, 1.82) is 0 Å². The molecule has 3 heteroatoms. The van der Waals surface area contributed by atoms with E-state index < -0.39 is 0 Å². The lowest BCUT2D eigenvalue weighted by Gasteiger charge is -2.27. The molecule has 1 fully saturated rings. The molecule has 2 atom stereocenters. The SMILES string of the molecule is N.NC1CCC1Cl. The van der Waals surface area contributed by atoms with Gasteiger partial charge in [0.25, 0.3) is 0 Å². The standard InChI is InChI=1S/C4H8ClN.H3N/c5-3-1-2-4(3)6;/h3-4H,1-2,6H2;1H3. The molecule has 7 heavy (non-hydrogen) atoms. The summed E-state index contributed by atoms with van der Waals surface area (Å²) in [6.07, 6.45) is 2.23. The lowest BCUT2D eigenvalue weighted by molar-refractivity contribution is 0.427.